The van der Waals surface area contributed by atoms with Crippen LogP contribution < -0.4 is 0 Å². The molecule has 0 aromatic heterocycles. The van der Waals surface area contributed by atoms with E-state index < -0.39 is 0 Å². The van der Waals surface area contributed by atoms with Crippen LogP contribution in [0.15, 0.2) is 12.3 Å². The minimum absolute atomic E-state index is 0. The molecule has 0 N–H and O–H groups in total. The van der Waals surface area contributed by atoms with Gasteiger partial charge < -0.3 is 4.74 Å². The van der Waals surface area contributed by atoms with Gasteiger partial charge in [0, 0.05) is 6.61 Å². The van der Waals surface area contributed by atoms with Gasteiger partial charge in [-0.3, -0.25) is 0 Å². The number of hydrogen-bond donors (Lipinski definition) is 0. The molecule has 1 unspecified atom stereocenters. The normalized spacial score (nSPS) is 29.2. The lowest BCUT2D eigenvalue weighted by Crippen LogP contribution is -2.46. The topological polar surface area (TPSA) is 9.23 Å². The quantitative estimate of drug-likeness (QED) is 0.636. The number of hydrogen-bond acceptors (Lipinski definition) is 1. The van der Waals surface area contributed by atoms with Gasteiger partial charge in [0.15, 0.2) is 0 Å². The van der Waals surface area contributed by atoms with Crippen LogP contribution in [0.25, 0.3) is 0 Å². The van der Waals surface area contributed by atoms with Crippen molar-refractivity contribution in [2.75, 3.05) is 6.61 Å². The fraction of sp³-hybridized carbons (Fsp3) is 0.818. The van der Waals surface area contributed by atoms with Crippen LogP contribution in [0.5, 0.6) is 0 Å². The van der Waals surface area contributed by atoms with Crippen molar-refractivity contribution in [1.82, 2.24) is 0 Å². The third-order valence-electron chi connectivity index (χ3n) is 2.93. The van der Waals surface area contributed by atoms with Crippen LogP contribution >= 0.6 is 0 Å². The highest BCUT2D eigenvalue weighted by molar-refractivity contribution is 6.45. The molecule has 1 rings (SSSR count). The van der Waals surface area contributed by atoms with Crippen LogP contribution in [0.1, 0.15) is 40.5 Å². The summed E-state index contributed by atoms with van der Waals surface area (Å²) in [6.45, 7) is 9.39. The third kappa shape index (κ3) is 2.95. The van der Waals surface area contributed by atoms with Crippen molar-refractivity contribution in [2.45, 2.75) is 45.8 Å². The van der Waals surface area contributed by atoms with E-state index in [1.54, 1.807) is 0 Å². The predicted octanol–water partition coefficient (Wildman–Crippen LogP) is 2.49. The maximum Gasteiger partial charge on any atom is 0.0830 e. The monoisotopic (exact) mass is 200 g/mol. The first kappa shape index (κ1) is 12.9. The highest BCUT2D eigenvalue weighted by Crippen LogP contribution is 2.31. The number of ether oxygens (including phenoxy) is 1. The summed E-state index contributed by atoms with van der Waals surface area (Å²) in [7, 11) is -0.237. The summed E-state index contributed by atoms with van der Waals surface area (Å²) in [6.07, 6.45) is 3.86. The predicted molar refractivity (Wildman–Crippen MR) is 62.8 cm³/mol. The van der Waals surface area contributed by atoms with Gasteiger partial charge in [0.2, 0.25) is 0 Å². The van der Waals surface area contributed by atoms with E-state index in [4.69, 9.17) is 4.74 Å². The molecule has 0 saturated carbocycles. The summed E-state index contributed by atoms with van der Waals surface area (Å²) in [5, 5.41) is 0.250. The molecule has 0 spiro atoms. The van der Waals surface area contributed by atoms with Crippen LogP contribution in [0, 0.1) is 5.92 Å². The molecule has 0 amide bonds. The van der Waals surface area contributed by atoms with Gasteiger partial charge in [-0.05, 0) is 25.2 Å². The zero-order valence-electron chi connectivity index (χ0n) is 8.31. The molecule has 0 aromatic rings. The molecule has 0 aromatic carbocycles. The van der Waals surface area contributed by atoms with Crippen LogP contribution in [-0.4, -0.2) is 21.4 Å². The smallest absolute Gasteiger partial charge is 0.0830 e. The second-order valence-corrected chi connectivity index (χ2v) is 6.20. The van der Waals surface area contributed by atoms with Crippen molar-refractivity contribution in [3.05, 3.63) is 12.3 Å². The van der Waals surface area contributed by atoms with Crippen LogP contribution in [0.4, 0.5) is 0 Å². The van der Waals surface area contributed by atoms with Crippen molar-refractivity contribution >= 4 is 9.52 Å². The summed E-state index contributed by atoms with van der Waals surface area (Å²) in [6, 6.07) is 0. The van der Waals surface area contributed by atoms with Crippen LogP contribution in [0.2, 0.25) is 0 Å². The van der Waals surface area contributed by atoms with Crippen molar-refractivity contribution in [1.29, 1.82) is 0 Å². The van der Waals surface area contributed by atoms with E-state index in [2.05, 4.69) is 26.1 Å². The zero-order chi connectivity index (χ0) is 9.03. The van der Waals surface area contributed by atoms with E-state index in [1.165, 1.54) is 19.3 Å². The van der Waals surface area contributed by atoms with Crippen molar-refractivity contribution in [2.24, 2.45) is 5.92 Å². The highest BCUT2D eigenvalue weighted by atomic mass is 28.2. The molecule has 1 atom stereocenters. The maximum absolute atomic E-state index is 5.96. The van der Waals surface area contributed by atoms with Crippen LogP contribution in [0.3, 0.4) is 0 Å². The first-order valence-electron chi connectivity index (χ1n) is 4.96. The van der Waals surface area contributed by atoms with E-state index in [-0.39, 0.29) is 22.2 Å². The zero-order valence-corrected chi connectivity index (χ0v) is 9.72. The Morgan fingerprint density at radius 3 is 2.54 bits per heavy atom. The Hall–Kier alpha value is -0.0831. The Morgan fingerprint density at radius 2 is 2.15 bits per heavy atom. The van der Waals surface area contributed by atoms with Gasteiger partial charge in [-0.15, -0.1) is 12.3 Å². The van der Waals surface area contributed by atoms with Crippen molar-refractivity contribution in [3.63, 3.8) is 0 Å². The molecule has 1 nitrogen and oxygen atoms in total. The lowest BCUT2D eigenvalue weighted by molar-refractivity contribution is -0.0483. The highest BCUT2D eigenvalue weighted by Gasteiger charge is 2.35. The van der Waals surface area contributed by atoms with E-state index in [9.17, 15) is 0 Å². The Morgan fingerprint density at radius 1 is 1.46 bits per heavy atom. The lowest BCUT2D eigenvalue weighted by Gasteiger charge is -2.40. The van der Waals surface area contributed by atoms with Crippen molar-refractivity contribution < 1.29 is 4.74 Å². The first-order valence-corrected chi connectivity index (χ1v) is 6.48. The standard InChI is InChI=1S/C10H20OSi.CH4/c1-4-12-10(9(2)3)7-5-6-8-11-10;/h4,9H,1,5-8,12H2,2-3H3;1H4. The average molecular weight is 200 g/mol. The van der Waals surface area contributed by atoms with E-state index in [0.717, 1.165) is 6.61 Å². The fourth-order valence-electron chi connectivity index (χ4n) is 1.97. The summed E-state index contributed by atoms with van der Waals surface area (Å²) < 4.78 is 5.96. The number of rotatable bonds is 3. The van der Waals surface area contributed by atoms with Gasteiger partial charge in [-0.1, -0.05) is 21.3 Å². The van der Waals surface area contributed by atoms with Gasteiger partial charge in [-0.25, -0.2) is 0 Å². The summed E-state index contributed by atoms with van der Waals surface area (Å²) in [5.74, 6) is 0.669. The summed E-state index contributed by atoms with van der Waals surface area (Å²) >= 11 is 0. The summed E-state index contributed by atoms with van der Waals surface area (Å²) in [5.41, 5.74) is 2.13. The molecule has 1 aliphatic heterocycles. The fourth-order valence-corrected chi connectivity index (χ4v) is 3.65. The Balaban J connectivity index is 0.00000144. The molecule has 1 fully saturated rings. The van der Waals surface area contributed by atoms with E-state index in [1.807, 2.05) is 0 Å². The SMILES string of the molecule is C.C=C[SiH2]C1(C(C)C)CCCCO1. The largest absolute Gasteiger partial charge is 0.379 e. The molecule has 0 bridgehead atoms. The average Bonchev–Trinajstić information content (AvgIpc) is 2.06. The van der Waals surface area contributed by atoms with Gasteiger partial charge in [-0.2, -0.15) is 0 Å². The van der Waals surface area contributed by atoms with Gasteiger partial charge in [0.05, 0.1) is 14.7 Å². The molecular weight excluding hydrogens is 176 g/mol. The lowest BCUT2D eigenvalue weighted by atomic mass is 9.98. The minimum atomic E-state index is -0.237. The maximum atomic E-state index is 5.96. The second-order valence-electron chi connectivity index (χ2n) is 4.02. The first-order chi connectivity index (χ1) is 5.71. The van der Waals surface area contributed by atoms with Crippen LogP contribution in [-0.2, 0) is 4.74 Å². The van der Waals surface area contributed by atoms with Gasteiger partial charge in [0.25, 0.3) is 0 Å². The van der Waals surface area contributed by atoms with E-state index >= 15 is 0 Å². The molecule has 0 aliphatic carbocycles. The Labute approximate surface area is 85.4 Å². The van der Waals surface area contributed by atoms with Gasteiger partial charge >= 0.3 is 0 Å². The molecule has 1 saturated heterocycles. The molecule has 1 heterocycles. The molecule has 2 heteroatoms. The Kier molecular flexibility index (Phi) is 5.57. The summed E-state index contributed by atoms with van der Waals surface area (Å²) in [4.78, 5) is 0. The Bertz CT molecular complexity index is 148. The molecule has 13 heavy (non-hydrogen) atoms. The third-order valence-corrected chi connectivity index (χ3v) is 5.28. The molecule has 78 valence electrons. The molecule has 1 aliphatic rings. The van der Waals surface area contributed by atoms with Crippen molar-refractivity contribution in [3.8, 4) is 0 Å². The molecule has 0 radical (unpaired) electrons. The van der Waals surface area contributed by atoms with Gasteiger partial charge in [0.1, 0.15) is 0 Å². The van der Waals surface area contributed by atoms with E-state index in [0.29, 0.717) is 5.92 Å². The minimum Gasteiger partial charge on any atom is -0.379 e. The molecular formula is C11H24OSi. The second kappa shape index (κ2) is 5.61.